The van der Waals surface area contributed by atoms with E-state index in [2.05, 4.69) is 9.88 Å². The van der Waals surface area contributed by atoms with Crippen LogP contribution >= 0.6 is 0 Å². The lowest BCUT2D eigenvalue weighted by molar-refractivity contribution is 0.529. The second kappa shape index (κ2) is 5.02. The van der Waals surface area contributed by atoms with Crippen LogP contribution in [-0.2, 0) is 13.1 Å². The minimum absolute atomic E-state index is 0.454. The SMILES string of the molecule is Cc1occc1CN(C)c1nc2ccccn2c1CN. The Morgan fingerprint density at radius 1 is 1.35 bits per heavy atom. The minimum Gasteiger partial charge on any atom is -0.469 e. The monoisotopic (exact) mass is 270 g/mol. The zero-order valence-corrected chi connectivity index (χ0v) is 11.7. The second-order valence-corrected chi connectivity index (χ2v) is 4.87. The molecule has 20 heavy (non-hydrogen) atoms. The normalized spacial score (nSPS) is 11.2. The van der Waals surface area contributed by atoms with Gasteiger partial charge in [-0.25, -0.2) is 4.98 Å². The van der Waals surface area contributed by atoms with E-state index in [1.165, 1.54) is 0 Å². The van der Waals surface area contributed by atoms with Crippen molar-refractivity contribution in [1.29, 1.82) is 0 Å². The number of nitrogens with zero attached hydrogens (tertiary/aromatic N) is 3. The first-order valence-electron chi connectivity index (χ1n) is 6.61. The van der Waals surface area contributed by atoms with E-state index in [4.69, 9.17) is 10.2 Å². The molecule has 0 radical (unpaired) electrons. The average Bonchev–Trinajstić information content (AvgIpc) is 3.02. The highest BCUT2D eigenvalue weighted by molar-refractivity contribution is 5.55. The number of pyridine rings is 1. The first-order chi connectivity index (χ1) is 9.70. The van der Waals surface area contributed by atoms with Gasteiger partial charge in [0.05, 0.1) is 12.0 Å². The topological polar surface area (TPSA) is 59.7 Å². The number of fused-ring (bicyclic) bond motifs is 1. The molecule has 104 valence electrons. The van der Waals surface area contributed by atoms with Crippen LogP contribution in [0.4, 0.5) is 5.82 Å². The standard InChI is InChI=1S/C15H18N4O/c1-11-12(6-8-20-11)10-18(2)15-13(9-16)19-7-4-3-5-14(19)17-15/h3-8H,9-10,16H2,1-2H3. The Kier molecular flexibility index (Phi) is 3.20. The summed E-state index contributed by atoms with van der Waals surface area (Å²) in [5, 5.41) is 0. The van der Waals surface area contributed by atoms with E-state index < -0.39 is 0 Å². The van der Waals surface area contributed by atoms with Crippen molar-refractivity contribution < 1.29 is 4.42 Å². The molecular weight excluding hydrogens is 252 g/mol. The fraction of sp³-hybridized carbons (Fsp3) is 0.267. The van der Waals surface area contributed by atoms with Gasteiger partial charge in [-0.2, -0.15) is 0 Å². The van der Waals surface area contributed by atoms with Crippen LogP contribution in [0.1, 0.15) is 17.0 Å². The summed E-state index contributed by atoms with van der Waals surface area (Å²) >= 11 is 0. The van der Waals surface area contributed by atoms with Gasteiger partial charge in [0.25, 0.3) is 0 Å². The third-order valence-electron chi connectivity index (χ3n) is 3.54. The van der Waals surface area contributed by atoms with Crippen molar-refractivity contribution in [2.45, 2.75) is 20.0 Å². The van der Waals surface area contributed by atoms with Crippen LogP contribution in [0.25, 0.3) is 5.65 Å². The summed E-state index contributed by atoms with van der Waals surface area (Å²) in [6.07, 6.45) is 3.71. The maximum Gasteiger partial charge on any atom is 0.152 e. The summed E-state index contributed by atoms with van der Waals surface area (Å²) < 4.78 is 7.38. The summed E-state index contributed by atoms with van der Waals surface area (Å²) in [7, 11) is 2.02. The molecule has 0 aromatic carbocycles. The fourth-order valence-corrected chi connectivity index (χ4v) is 2.44. The number of aryl methyl sites for hydroxylation is 1. The number of anilines is 1. The van der Waals surface area contributed by atoms with Crippen molar-refractivity contribution in [2.24, 2.45) is 5.73 Å². The Labute approximate surface area is 117 Å². The van der Waals surface area contributed by atoms with Gasteiger partial charge in [-0.15, -0.1) is 0 Å². The number of nitrogens with two attached hydrogens (primary N) is 1. The molecule has 0 saturated carbocycles. The lowest BCUT2D eigenvalue weighted by Crippen LogP contribution is -2.19. The minimum atomic E-state index is 0.454. The molecule has 0 spiro atoms. The Morgan fingerprint density at radius 2 is 2.20 bits per heavy atom. The maximum absolute atomic E-state index is 5.90. The van der Waals surface area contributed by atoms with Gasteiger partial charge in [0.15, 0.2) is 5.82 Å². The molecule has 0 aliphatic rings. The van der Waals surface area contributed by atoms with Crippen molar-refractivity contribution >= 4 is 11.5 Å². The van der Waals surface area contributed by atoms with E-state index in [0.717, 1.165) is 35.0 Å². The Balaban J connectivity index is 1.98. The molecule has 0 atom stereocenters. The zero-order valence-electron chi connectivity index (χ0n) is 11.7. The van der Waals surface area contributed by atoms with E-state index in [9.17, 15) is 0 Å². The van der Waals surface area contributed by atoms with Crippen molar-refractivity contribution in [2.75, 3.05) is 11.9 Å². The summed E-state index contributed by atoms with van der Waals surface area (Å²) in [6, 6.07) is 7.94. The highest BCUT2D eigenvalue weighted by atomic mass is 16.3. The molecule has 0 fully saturated rings. The highest BCUT2D eigenvalue weighted by Gasteiger charge is 2.15. The Morgan fingerprint density at radius 3 is 2.90 bits per heavy atom. The predicted octanol–water partition coefficient (Wildman–Crippen LogP) is 2.33. The lowest BCUT2D eigenvalue weighted by atomic mass is 10.2. The van der Waals surface area contributed by atoms with Crippen LogP contribution in [0.2, 0.25) is 0 Å². The quantitative estimate of drug-likeness (QED) is 0.790. The summed E-state index contributed by atoms with van der Waals surface area (Å²) in [5.74, 6) is 1.86. The number of hydrogen-bond donors (Lipinski definition) is 1. The summed E-state index contributed by atoms with van der Waals surface area (Å²) in [4.78, 5) is 6.78. The highest BCUT2D eigenvalue weighted by Crippen LogP contribution is 2.23. The summed E-state index contributed by atoms with van der Waals surface area (Å²) in [6.45, 7) is 3.17. The van der Waals surface area contributed by atoms with Gasteiger partial charge < -0.3 is 19.5 Å². The van der Waals surface area contributed by atoms with Crippen LogP contribution in [0.5, 0.6) is 0 Å². The molecule has 3 rings (SSSR count). The molecule has 0 unspecified atom stereocenters. The molecule has 2 N–H and O–H groups in total. The van der Waals surface area contributed by atoms with Crippen LogP contribution in [-0.4, -0.2) is 16.4 Å². The number of imidazole rings is 1. The van der Waals surface area contributed by atoms with Crippen molar-refractivity contribution in [3.63, 3.8) is 0 Å². The first-order valence-corrected chi connectivity index (χ1v) is 6.61. The van der Waals surface area contributed by atoms with Crippen molar-refractivity contribution in [3.05, 3.63) is 53.7 Å². The third kappa shape index (κ3) is 2.06. The van der Waals surface area contributed by atoms with Gasteiger partial charge >= 0.3 is 0 Å². The van der Waals surface area contributed by atoms with Gasteiger partial charge in [0.1, 0.15) is 11.4 Å². The molecule has 3 aromatic heterocycles. The Bertz CT molecular complexity index is 728. The van der Waals surface area contributed by atoms with E-state index in [1.807, 2.05) is 48.8 Å². The molecule has 3 heterocycles. The van der Waals surface area contributed by atoms with Gasteiger partial charge in [0, 0.05) is 31.9 Å². The second-order valence-electron chi connectivity index (χ2n) is 4.87. The van der Waals surface area contributed by atoms with Crippen molar-refractivity contribution in [1.82, 2.24) is 9.38 Å². The van der Waals surface area contributed by atoms with Gasteiger partial charge in [-0.05, 0) is 25.1 Å². The first kappa shape index (κ1) is 12.7. The molecular formula is C15H18N4O. The van der Waals surface area contributed by atoms with E-state index in [1.54, 1.807) is 6.26 Å². The lowest BCUT2D eigenvalue weighted by Gasteiger charge is -2.17. The molecule has 0 aliphatic carbocycles. The van der Waals surface area contributed by atoms with Crippen LogP contribution in [0.3, 0.4) is 0 Å². The van der Waals surface area contributed by atoms with Crippen molar-refractivity contribution in [3.8, 4) is 0 Å². The number of aromatic nitrogens is 2. The van der Waals surface area contributed by atoms with E-state index in [0.29, 0.717) is 6.54 Å². The van der Waals surface area contributed by atoms with E-state index >= 15 is 0 Å². The van der Waals surface area contributed by atoms with Gasteiger partial charge in [-0.3, -0.25) is 0 Å². The number of rotatable bonds is 4. The smallest absolute Gasteiger partial charge is 0.152 e. The van der Waals surface area contributed by atoms with E-state index in [-0.39, 0.29) is 0 Å². The molecule has 5 nitrogen and oxygen atoms in total. The van der Waals surface area contributed by atoms with Crippen LogP contribution in [0, 0.1) is 6.92 Å². The van der Waals surface area contributed by atoms with Crippen LogP contribution < -0.4 is 10.6 Å². The fourth-order valence-electron chi connectivity index (χ4n) is 2.44. The van der Waals surface area contributed by atoms with Gasteiger partial charge in [-0.1, -0.05) is 6.07 Å². The largest absolute Gasteiger partial charge is 0.469 e. The maximum atomic E-state index is 5.90. The Hall–Kier alpha value is -2.27. The third-order valence-corrected chi connectivity index (χ3v) is 3.54. The average molecular weight is 270 g/mol. The van der Waals surface area contributed by atoms with Crippen LogP contribution in [0.15, 0.2) is 41.1 Å². The summed E-state index contributed by atoms with van der Waals surface area (Å²) in [5.41, 5.74) is 8.99. The molecule has 0 saturated heterocycles. The van der Waals surface area contributed by atoms with Gasteiger partial charge in [0.2, 0.25) is 0 Å². The molecule has 3 aromatic rings. The number of hydrogen-bond acceptors (Lipinski definition) is 4. The molecule has 0 aliphatic heterocycles. The molecule has 0 amide bonds. The zero-order chi connectivity index (χ0) is 14.1. The molecule has 0 bridgehead atoms. The molecule has 5 heteroatoms. The number of furan rings is 1. The predicted molar refractivity (Wildman–Crippen MR) is 78.6 cm³/mol.